The van der Waals surface area contributed by atoms with Crippen molar-refractivity contribution in [3.8, 4) is 17.0 Å². The van der Waals surface area contributed by atoms with Crippen LogP contribution in [0.25, 0.3) is 11.3 Å². The number of aromatic nitrogens is 2. The van der Waals surface area contributed by atoms with Crippen LogP contribution in [0.1, 0.15) is 36.8 Å². The highest BCUT2D eigenvalue weighted by atomic mass is 31.0. The van der Waals surface area contributed by atoms with Crippen molar-refractivity contribution < 1.29 is 18.7 Å². The van der Waals surface area contributed by atoms with Crippen LogP contribution in [-0.2, 0) is 10.5 Å². The number of nitrogens with two attached hydrogens (primary N) is 1. The van der Waals surface area contributed by atoms with Gasteiger partial charge < -0.3 is 21.1 Å². The Morgan fingerprint density at radius 1 is 1.23 bits per heavy atom. The summed E-state index contributed by atoms with van der Waals surface area (Å²) in [5.74, 6) is 0.482. The first kappa shape index (κ1) is 25.7. The molecule has 0 bridgehead atoms. The molecule has 11 heteroatoms. The Bertz CT molecular complexity index is 1060. The van der Waals surface area contributed by atoms with Gasteiger partial charge in [-0.05, 0) is 62.9 Å². The lowest BCUT2D eigenvalue weighted by Gasteiger charge is -2.36. The number of phenols is 1. The van der Waals surface area contributed by atoms with Crippen LogP contribution in [0, 0.1) is 6.92 Å². The monoisotopic (exact) mass is 506 g/mol. The van der Waals surface area contributed by atoms with Gasteiger partial charge in [-0.2, -0.15) is 8.78 Å². The number of hydrogen-bond donors (Lipinski definition) is 3. The summed E-state index contributed by atoms with van der Waals surface area (Å²) >= 11 is 0. The van der Waals surface area contributed by atoms with E-state index in [9.17, 15) is 18.7 Å². The molecule has 2 aromatic rings. The zero-order valence-corrected chi connectivity index (χ0v) is 21.0. The molecule has 2 aliphatic rings. The van der Waals surface area contributed by atoms with Crippen LogP contribution >= 0.6 is 9.24 Å². The number of piperidine rings is 2. The van der Waals surface area contributed by atoms with Crippen LogP contribution in [0.4, 0.5) is 14.6 Å². The number of likely N-dealkylation sites (tertiary alicyclic amines) is 2. The Kier molecular flexibility index (Phi) is 7.83. The molecule has 1 amide bonds. The minimum Gasteiger partial charge on any atom is -0.507 e. The van der Waals surface area contributed by atoms with Gasteiger partial charge in [-0.3, -0.25) is 9.69 Å². The maximum atomic E-state index is 13.5. The fraction of sp³-hybridized carbons (Fsp3) is 0.542. The average Bonchev–Trinajstić information content (AvgIpc) is 2.79. The summed E-state index contributed by atoms with van der Waals surface area (Å²) in [6.07, 6.45) is 3.64. The average molecular weight is 507 g/mol. The molecule has 4 rings (SSSR count). The highest BCUT2D eigenvalue weighted by Crippen LogP contribution is 2.39. The first-order valence-electron chi connectivity index (χ1n) is 12.0. The third-order valence-corrected chi connectivity index (χ3v) is 7.06. The predicted octanol–water partition coefficient (Wildman–Crippen LogP) is 2.91. The van der Waals surface area contributed by atoms with Gasteiger partial charge in [0.2, 0.25) is 5.91 Å². The van der Waals surface area contributed by atoms with Gasteiger partial charge in [0.05, 0.1) is 12.2 Å². The Morgan fingerprint density at radius 3 is 2.63 bits per heavy atom. The molecule has 35 heavy (non-hydrogen) atoms. The molecule has 1 aromatic heterocycles. The molecule has 3 heterocycles. The van der Waals surface area contributed by atoms with E-state index in [1.165, 1.54) is 21.4 Å². The number of nitrogens with zero attached hydrogens (tertiary/aromatic N) is 4. The minimum absolute atomic E-state index is 0.128. The number of carbonyl (C=O) groups is 1. The highest BCUT2D eigenvalue weighted by molar-refractivity contribution is 7.17. The van der Waals surface area contributed by atoms with Crippen molar-refractivity contribution in [2.24, 2.45) is 5.73 Å². The normalized spacial score (nSPS) is 20.1. The number of aryl methyl sites for hydroxylation is 1. The number of nitrogens with one attached hydrogen (secondary N) is 1. The van der Waals surface area contributed by atoms with Crippen molar-refractivity contribution in [1.29, 1.82) is 0 Å². The second-order valence-corrected chi connectivity index (χ2v) is 10.3. The minimum atomic E-state index is -3.12. The van der Waals surface area contributed by atoms with Gasteiger partial charge in [0, 0.05) is 42.8 Å². The number of rotatable bonds is 6. The number of hydrogen-bond acceptors (Lipinski definition) is 7. The summed E-state index contributed by atoms with van der Waals surface area (Å²) in [5, 5.41) is 22.2. The third-order valence-electron chi connectivity index (χ3n) is 6.73. The second kappa shape index (κ2) is 10.7. The standard InChI is InChI=1S/C24H33F2N6O2P/c1-15-11-21(29-30-23(15)19-5-4-16(12-20(19)33)24(25,26)35)28-18-3-2-8-31(13-18)14-22(34)32-9-6-17(27)7-10-32/h4-5,11-12,17-18,33H,2-3,6-10,13-14,27,35H2,1H3,(H,28,29). The molecule has 0 radical (unpaired) electrons. The van der Waals surface area contributed by atoms with Gasteiger partial charge in [-0.15, -0.1) is 10.2 Å². The van der Waals surface area contributed by atoms with Crippen molar-refractivity contribution in [3.05, 3.63) is 35.4 Å². The van der Waals surface area contributed by atoms with E-state index in [1.54, 1.807) is 0 Å². The summed E-state index contributed by atoms with van der Waals surface area (Å²) in [6.45, 7) is 5.31. The lowest BCUT2D eigenvalue weighted by atomic mass is 10.0. The summed E-state index contributed by atoms with van der Waals surface area (Å²) in [7, 11) is 1.46. The summed E-state index contributed by atoms with van der Waals surface area (Å²) in [5.41, 5.74) is 4.07. The smallest absolute Gasteiger partial charge is 0.284 e. The van der Waals surface area contributed by atoms with Gasteiger partial charge in [0.25, 0.3) is 5.66 Å². The van der Waals surface area contributed by atoms with Gasteiger partial charge in [0.1, 0.15) is 11.6 Å². The molecule has 2 fully saturated rings. The van der Waals surface area contributed by atoms with Crippen molar-refractivity contribution in [2.45, 2.75) is 50.4 Å². The van der Waals surface area contributed by atoms with E-state index >= 15 is 0 Å². The number of carbonyl (C=O) groups excluding carboxylic acids is 1. The number of benzene rings is 1. The van der Waals surface area contributed by atoms with E-state index in [0.717, 1.165) is 63.5 Å². The number of phenolic OH excluding ortho intramolecular Hbond substituents is 1. The van der Waals surface area contributed by atoms with E-state index in [-0.39, 0.29) is 29.3 Å². The summed E-state index contributed by atoms with van der Waals surface area (Å²) in [4.78, 5) is 16.8. The van der Waals surface area contributed by atoms with E-state index in [1.807, 2.05) is 17.9 Å². The Hall–Kier alpha value is -2.42. The molecular weight excluding hydrogens is 473 g/mol. The van der Waals surface area contributed by atoms with Gasteiger partial charge in [0.15, 0.2) is 0 Å². The molecule has 0 spiro atoms. The fourth-order valence-corrected chi connectivity index (χ4v) is 4.91. The van der Waals surface area contributed by atoms with Crippen LogP contribution < -0.4 is 11.1 Å². The highest BCUT2D eigenvalue weighted by Gasteiger charge is 2.27. The number of anilines is 1. The predicted molar refractivity (Wildman–Crippen MR) is 134 cm³/mol. The van der Waals surface area contributed by atoms with Crippen LogP contribution in [0.3, 0.4) is 0 Å². The van der Waals surface area contributed by atoms with Crippen molar-refractivity contribution in [3.63, 3.8) is 0 Å². The van der Waals surface area contributed by atoms with E-state index in [0.29, 0.717) is 23.6 Å². The zero-order chi connectivity index (χ0) is 25.2. The molecule has 4 N–H and O–H groups in total. The zero-order valence-electron chi connectivity index (χ0n) is 19.9. The number of amides is 1. The molecule has 0 saturated carbocycles. The molecule has 190 valence electrons. The number of aromatic hydroxyl groups is 1. The van der Waals surface area contributed by atoms with Crippen molar-refractivity contribution in [2.75, 3.05) is 38.0 Å². The Labute approximate surface area is 206 Å². The van der Waals surface area contributed by atoms with Crippen LogP contribution in [0.15, 0.2) is 24.3 Å². The largest absolute Gasteiger partial charge is 0.507 e. The van der Waals surface area contributed by atoms with Gasteiger partial charge in [-0.1, -0.05) is 15.3 Å². The summed E-state index contributed by atoms with van der Waals surface area (Å²) in [6, 6.07) is 5.90. The maximum absolute atomic E-state index is 13.5. The van der Waals surface area contributed by atoms with Crippen LogP contribution in [-0.4, -0.2) is 75.8 Å². The van der Waals surface area contributed by atoms with E-state index < -0.39 is 5.66 Å². The topological polar surface area (TPSA) is 108 Å². The molecule has 1 aromatic carbocycles. The molecular formula is C24H33F2N6O2P. The third kappa shape index (κ3) is 6.42. The fourth-order valence-electron chi connectivity index (χ4n) is 4.73. The molecule has 2 atom stereocenters. The Morgan fingerprint density at radius 2 is 1.97 bits per heavy atom. The molecule has 2 unspecified atom stereocenters. The molecule has 2 aliphatic heterocycles. The lowest BCUT2D eigenvalue weighted by Crippen LogP contribution is -2.50. The summed E-state index contributed by atoms with van der Waals surface area (Å²) < 4.78 is 27.0. The Balaban J connectivity index is 1.37. The lowest BCUT2D eigenvalue weighted by molar-refractivity contribution is -0.133. The first-order valence-corrected chi connectivity index (χ1v) is 12.5. The molecule has 2 saturated heterocycles. The van der Waals surface area contributed by atoms with E-state index in [4.69, 9.17) is 5.73 Å². The van der Waals surface area contributed by atoms with Crippen molar-refractivity contribution in [1.82, 2.24) is 20.0 Å². The number of halogens is 2. The second-order valence-electron chi connectivity index (χ2n) is 9.55. The van der Waals surface area contributed by atoms with E-state index in [2.05, 4.69) is 20.4 Å². The maximum Gasteiger partial charge on any atom is 0.284 e. The number of alkyl halides is 2. The van der Waals surface area contributed by atoms with Gasteiger partial charge >= 0.3 is 0 Å². The SMILES string of the molecule is Cc1cc(NC2CCCN(CC(=O)N3CCC(N)CC3)C2)nnc1-c1ccc(C(F)(F)P)cc1O. The first-order chi connectivity index (χ1) is 16.6. The quantitative estimate of drug-likeness (QED) is 0.517. The molecule has 8 nitrogen and oxygen atoms in total. The van der Waals surface area contributed by atoms with Crippen molar-refractivity contribution >= 4 is 21.0 Å². The van der Waals surface area contributed by atoms with Crippen LogP contribution in [0.2, 0.25) is 0 Å². The van der Waals surface area contributed by atoms with Crippen LogP contribution in [0.5, 0.6) is 5.75 Å². The van der Waals surface area contributed by atoms with Gasteiger partial charge in [-0.25, -0.2) is 0 Å². The molecule has 0 aliphatic carbocycles.